The maximum absolute atomic E-state index is 12.9. The molecular formula is C33H34N6O4. The molecule has 220 valence electrons. The second-order valence-corrected chi connectivity index (χ2v) is 11.0. The number of morpholine rings is 1. The smallest absolute Gasteiger partial charge is 0.280 e. The van der Waals surface area contributed by atoms with Gasteiger partial charge in [-0.1, -0.05) is 105 Å². The van der Waals surface area contributed by atoms with Crippen LogP contribution in [-0.2, 0) is 15.1 Å². The molecule has 10 heteroatoms. The zero-order valence-corrected chi connectivity index (χ0v) is 24.1. The average molecular weight is 579 g/mol. The Balaban J connectivity index is 1.51. The summed E-state index contributed by atoms with van der Waals surface area (Å²) in [6.07, 6.45) is 0.321. The van der Waals surface area contributed by atoms with Gasteiger partial charge in [0.2, 0.25) is 11.9 Å². The van der Waals surface area contributed by atoms with Gasteiger partial charge in [-0.05, 0) is 16.7 Å². The van der Waals surface area contributed by atoms with E-state index in [0.717, 1.165) is 16.7 Å². The van der Waals surface area contributed by atoms with E-state index in [2.05, 4.69) is 61.6 Å². The number of nitrogens with zero attached hydrogens (tertiary/aromatic N) is 4. The fourth-order valence-corrected chi connectivity index (χ4v) is 5.89. The minimum atomic E-state index is -0.739. The van der Waals surface area contributed by atoms with Crippen molar-refractivity contribution in [2.75, 3.05) is 25.0 Å². The number of aliphatic hydroxyl groups is 1. The molecule has 6 rings (SSSR count). The summed E-state index contributed by atoms with van der Waals surface area (Å²) in [7, 11) is 0. The van der Waals surface area contributed by atoms with Crippen LogP contribution in [0.15, 0.2) is 102 Å². The summed E-state index contributed by atoms with van der Waals surface area (Å²) in [6.45, 7) is 4.12. The molecule has 0 bridgehead atoms. The lowest BCUT2D eigenvalue weighted by Crippen LogP contribution is -2.57. The highest BCUT2D eigenvalue weighted by Crippen LogP contribution is 2.44. The van der Waals surface area contributed by atoms with Gasteiger partial charge in [0.1, 0.15) is 6.23 Å². The lowest BCUT2D eigenvalue weighted by atomic mass is 9.75. The number of aliphatic hydroxyl groups excluding tert-OH is 1. The van der Waals surface area contributed by atoms with Crippen LogP contribution in [0.3, 0.4) is 0 Å². The van der Waals surface area contributed by atoms with E-state index in [-0.39, 0.29) is 35.5 Å². The first-order valence-corrected chi connectivity index (χ1v) is 14.4. The van der Waals surface area contributed by atoms with Crippen LogP contribution in [0.4, 0.5) is 5.95 Å². The standard InChI is InChI=1S/C33H34N6O4/c1-22(2)30(41)36-32-35-29-28(31(42)37-32)34-21-39(29)27-19-38(18-26(20-40)43-27)33(23-12-6-3-7-13-23,24-14-8-4-9-15-24)25-16-10-5-11-17-25/h3-17,21-22,26-27,40H,18-20H2,1-2H3,(H2,35,36,37,41,42)/t26?,27-/m1/s1. The van der Waals surface area contributed by atoms with Gasteiger partial charge >= 0.3 is 0 Å². The number of aromatic nitrogens is 4. The van der Waals surface area contributed by atoms with E-state index in [9.17, 15) is 14.7 Å². The fourth-order valence-electron chi connectivity index (χ4n) is 5.89. The molecule has 0 saturated carbocycles. The number of hydrogen-bond acceptors (Lipinski definition) is 7. The SMILES string of the molecule is CC(C)C(=O)Nc1nc2c(ncn2[C@H]2CN(C(c3ccccc3)(c3ccccc3)c3ccccc3)CC(CO)O2)c(=O)[nH]1. The number of rotatable bonds is 8. The maximum Gasteiger partial charge on any atom is 0.280 e. The molecule has 5 aromatic rings. The van der Waals surface area contributed by atoms with Gasteiger partial charge in [-0.15, -0.1) is 0 Å². The molecule has 0 aliphatic carbocycles. The molecule has 1 saturated heterocycles. The molecule has 10 nitrogen and oxygen atoms in total. The molecule has 0 spiro atoms. The number of carbonyl (C=O) groups excluding carboxylic acids is 1. The van der Waals surface area contributed by atoms with Gasteiger partial charge in [-0.3, -0.25) is 29.4 Å². The molecule has 1 aliphatic rings. The van der Waals surface area contributed by atoms with Gasteiger partial charge < -0.3 is 9.84 Å². The van der Waals surface area contributed by atoms with Crippen molar-refractivity contribution in [1.29, 1.82) is 0 Å². The lowest BCUT2D eigenvalue weighted by molar-refractivity contribution is -0.148. The van der Waals surface area contributed by atoms with Gasteiger partial charge in [0, 0.05) is 19.0 Å². The molecule has 1 aliphatic heterocycles. The number of ether oxygens (including phenoxy) is 1. The molecule has 3 heterocycles. The number of anilines is 1. The van der Waals surface area contributed by atoms with Crippen LogP contribution in [0, 0.1) is 5.92 Å². The monoisotopic (exact) mass is 578 g/mol. The second-order valence-electron chi connectivity index (χ2n) is 11.0. The summed E-state index contributed by atoms with van der Waals surface area (Å²) in [5.74, 6) is -0.530. The first kappa shape index (κ1) is 28.5. The van der Waals surface area contributed by atoms with Crippen molar-refractivity contribution < 1.29 is 14.6 Å². The Morgan fingerprint density at radius 1 is 0.977 bits per heavy atom. The Bertz CT molecular complexity index is 1660. The molecular weight excluding hydrogens is 544 g/mol. The lowest BCUT2D eigenvalue weighted by Gasteiger charge is -2.50. The van der Waals surface area contributed by atoms with Crippen LogP contribution in [0.5, 0.6) is 0 Å². The van der Waals surface area contributed by atoms with Crippen molar-refractivity contribution in [3.05, 3.63) is 124 Å². The average Bonchev–Trinajstić information content (AvgIpc) is 3.47. The Morgan fingerprint density at radius 2 is 1.53 bits per heavy atom. The van der Waals surface area contributed by atoms with Crippen LogP contribution in [-0.4, -0.2) is 61.2 Å². The van der Waals surface area contributed by atoms with Crippen molar-refractivity contribution in [2.45, 2.75) is 31.7 Å². The summed E-state index contributed by atoms with van der Waals surface area (Å²) >= 11 is 0. The van der Waals surface area contributed by atoms with Crippen LogP contribution >= 0.6 is 0 Å². The minimum Gasteiger partial charge on any atom is -0.394 e. The third-order valence-corrected chi connectivity index (χ3v) is 7.91. The zero-order chi connectivity index (χ0) is 30.0. The molecule has 3 aromatic carbocycles. The third kappa shape index (κ3) is 5.25. The largest absolute Gasteiger partial charge is 0.394 e. The van der Waals surface area contributed by atoms with Crippen LogP contribution in [0.2, 0.25) is 0 Å². The van der Waals surface area contributed by atoms with Crippen molar-refractivity contribution >= 4 is 23.0 Å². The summed E-state index contributed by atoms with van der Waals surface area (Å²) in [4.78, 5) is 39.1. The number of fused-ring (bicyclic) bond motifs is 1. The molecule has 1 amide bonds. The second kappa shape index (κ2) is 11.9. The van der Waals surface area contributed by atoms with Gasteiger partial charge in [-0.2, -0.15) is 4.98 Å². The Kier molecular flexibility index (Phi) is 7.90. The Hall–Kier alpha value is -4.64. The molecule has 0 radical (unpaired) electrons. The van der Waals surface area contributed by atoms with Crippen molar-refractivity contribution in [3.8, 4) is 0 Å². The molecule has 1 unspecified atom stereocenters. The van der Waals surface area contributed by atoms with E-state index in [1.54, 1.807) is 18.4 Å². The van der Waals surface area contributed by atoms with Crippen molar-refractivity contribution in [2.24, 2.45) is 5.92 Å². The van der Waals surface area contributed by atoms with E-state index in [1.807, 2.05) is 54.6 Å². The van der Waals surface area contributed by atoms with Gasteiger partial charge in [0.25, 0.3) is 5.56 Å². The Morgan fingerprint density at radius 3 is 2.05 bits per heavy atom. The summed E-state index contributed by atoms with van der Waals surface area (Å²) in [6, 6.07) is 30.9. The predicted molar refractivity (Wildman–Crippen MR) is 163 cm³/mol. The Labute approximate surface area is 249 Å². The third-order valence-electron chi connectivity index (χ3n) is 7.91. The van der Waals surface area contributed by atoms with E-state index < -0.39 is 23.4 Å². The first-order valence-electron chi connectivity index (χ1n) is 14.4. The maximum atomic E-state index is 12.9. The van der Waals surface area contributed by atoms with Crippen LogP contribution in [0.1, 0.15) is 36.8 Å². The van der Waals surface area contributed by atoms with Crippen LogP contribution in [0.25, 0.3) is 11.2 Å². The summed E-state index contributed by atoms with van der Waals surface area (Å²) in [5.41, 5.74) is 2.38. The molecule has 3 N–H and O–H groups in total. The topological polar surface area (TPSA) is 125 Å². The molecule has 43 heavy (non-hydrogen) atoms. The van der Waals surface area contributed by atoms with E-state index in [4.69, 9.17) is 4.74 Å². The highest BCUT2D eigenvalue weighted by molar-refractivity contribution is 5.91. The predicted octanol–water partition coefficient (Wildman–Crippen LogP) is 3.90. The van der Waals surface area contributed by atoms with Gasteiger partial charge in [0.15, 0.2) is 11.2 Å². The fraction of sp³-hybridized carbons (Fsp3) is 0.273. The number of carbonyl (C=O) groups is 1. The van der Waals surface area contributed by atoms with E-state index >= 15 is 0 Å². The van der Waals surface area contributed by atoms with E-state index in [0.29, 0.717) is 13.1 Å². The summed E-state index contributed by atoms with van der Waals surface area (Å²) in [5, 5.41) is 13.1. The van der Waals surface area contributed by atoms with E-state index in [1.165, 1.54) is 6.33 Å². The zero-order valence-electron chi connectivity index (χ0n) is 24.1. The number of imidazole rings is 1. The highest BCUT2D eigenvalue weighted by Gasteiger charge is 2.46. The number of aromatic amines is 1. The summed E-state index contributed by atoms with van der Waals surface area (Å²) < 4.78 is 8.12. The quantitative estimate of drug-likeness (QED) is 0.239. The van der Waals surface area contributed by atoms with Crippen LogP contribution < -0.4 is 10.9 Å². The number of nitrogens with one attached hydrogen (secondary N) is 2. The van der Waals surface area contributed by atoms with Crippen molar-refractivity contribution in [3.63, 3.8) is 0 Å². The molecule has 2 aromatic heterocycles. The number of amides is 1. The number of hydrogen-bond donors (Lipinski definition) is 3. The van der Waals surface area contributed by atoms with Crippen molar-refractivity contribution in [1.82, 2.24) is 24.4 Å². The minimum absolute atomic E-state index is 0.0385. The number of H-pyrrole nitrogens is 1. The molecule has 2 atom stereocenters. The van der Waals surface area contributed by atoms with Gasteiger partial charge in [0.05, 0.1) is 24.6 Å². The molecule has 1 fully saturated rings. The number of benzene rings is 3. The van der Waals surface area contributed by atoms with Gasteiger partial charge in [-0.25, -0.2) is 4.98 Å². The highest BCUT2D eigenvalue weighted by atomic mass is 16.5. The first-order chi connectivity index (χ1) is 20.9. The normalized spacial score (nSPS) is 17.8.